The number of aliphatic hydroxyl groups is 3. The van der Waals surface area contributed by atoms with Crippen LogP contribution in [0.5, 0.6) is 0 Å². The number of amides is 3. The van der Waals surface area contributed by atoms with E-state index >= 15 is 0 Å². The second-order valence-electron chi connectivity index (χ2n) is 11.5. The van der Waals surface area contributed by atoms with Crippen molar-refractivity contribution in [3.8, 4) is 0 Å². The minimum absolute atomic E-state index is 0.0560. The molecule has 262 valence electrons. The van der Waals surface area contributed by atoms with Crippen LogP contribution < -0.4 is 16.0 Å². The number of rotatable bonds is 21. The number of aliphatic hydroxyl groups excluding tert-OH is 3. The summed E-state index contributed by atoms with van der Waals surface area (Å²) in [6.45, 7) is 2.20. The molecule has 2 heterocycles. The summed E-state index contributed by atoms with van der Waals surface area (Å²) in [5.74, 6) is -0.479. The maximum absolute atomic E-state index is 12.1. The summed E-state index contributed by atoms with van der Waals surface area (Å²) < 4.78 is 44.3. The maximum atomic E-state index is 12.1. The largest absolute Gasteiger partial charge is 0.472 e. The van der Waals surface area contributed by atoms with Gasteiger partial charge in [0.2, 0.25) is 5.91 Å². The molecule has 2 rings (SSSR count). The smallest absolute Gasteiger partial charge is 0.394 e. The van der Waals surface area contributed by atoms with Gasteiger partial charge in [-0.05, 0) is 25.7 Å². The van der Waals surface area contributed by atoms with Crippen LogP contribution in [0.3, 0.4) is 0 Å². The first kappa shape index (κ1) is 39.8. The van der Waals surface area contributed by atoms with Crippen molar-refractivity contribution in [2.45, 2.75) is 107 Å². The van der Waals surface area contributed by atoms with E-state index in [1.807, 2.05) is 7.85 Å². The van der Waals surface area contributed by atoms with E-state index in [-0.39, 0.29) is 31.2 Å². The number of hydrogen-bond donors (Lipinski definition) is 7. The lowest BCUT2D eigenvalue weighted by Crippen LogP contribution is -2.64. The Balaban J connectivity index is 1.54. The van der Waals surface area contributed by atoms with Crippen LogP contribution in [-0.4, -0.2) is 136 Å². The highest BCUT2D eigenvalue weighted by atomic mass is 31.2. The lowest BCUT2D eigenvalue weighted by Gasteiger charge is -2.42. The number of methoxy groups -OCH3 is 1. The van der Waals surface area contributed by atoms with Gasteiger partial charge in [0.05, 0.1) is 13.2 Å². The molecule has 0 radical (unpaired) electrons. The van der Waals surface area contributed by atoms with E-state index in [0.717, 1.165) is 45.6 Å². The number of urea groups is 1. The first-order valence-electron chi connectivity index (χ1n) is 15.7. The second-order valence-corrected chi connectivity index (χ2v) is 13.0. The molecule has 0 bridgehead atoms. The van der Waals surface area contributed by atoms with Crippen molar-refractivity contribution in [2.24, 2.45) is 5.92 Å². The van der Waals surface area contributed by atoms with Crippen LogP contribution in [0, 0.1) is 5.92 Å². The minimum Gasteiger partial charge on any atom is -0.394 e. The molecule has 16 nitrogen and oxygen atoms in total. The topological polar surface area (TPSA) is 224 Å². The Kier molecular flexibility index (Phi) is 18.4. The van der Waals surface area contributed by atoms with Gasteiger partial charge in [-0.25, -0.2) is 9.36 Å². The zero-order valence-corrected chi connectivity index (χ0v) is 27.7. The fourth-order valence-electron chi connectivity index (χ4n) is 5.58. The molecule has 2 aliphatic heterocycles. The quantitative estimate of drug-likeness (QED) is 0.0449. The molecule has 10 atom stereocenters. The van der Waals surface area contributed by atoms with E-state index in [1.165, 1.54) is 6.92 Å². The molecule has 0 aromatic heterocycles. The third-order valence-corrected chi connectivity index (χ3v) is 8.96. The number of unbranched alkanes of at least 4 members (excludes halogenated alkanes) is 5. The normalized spacial score (nSPS) is 31.3. The summed E-state index contributed by atoms with van der Waals surface area (Å²) in [6, 6.07) is -1.39. The lowest BCUT2D eigenvalue weighted by molar-refractivity contribution is -0.270. The summed E-state index contributed by atoms with van der Waals surface area (Å²) in [7, 11) is 0.443. The molecule has 2 fully saturated rings. The SMILES string of the molecule is B[C@@H]1O[C@H](COC)C(OP(=O)(O)OC)[C@@H]1CCCCCCCNC(=O)NCCCCO[C@@H]1O[C@H](CO)[C@H](O)[C@H](O)[C@H]1NC(C)=O. The van der Waals surface area contributed by atoms with Crippen LogP contribution >= 0.6 is 7.82 Å². The van der Waals surface area contributed by atoms with Crippen molar-refractivity contribution in [1.29, 1.82) is 0 Å². The highest BCUT2D eigenvalue weighted by Crippen LogP contribution is 2.48. The number of hydrogen-bond acceptors (Lipinski definition) is 12. The van der Waals surface area contributed by atoms with Crippen LogP contribution in [0.25, 0.3) is 0 Å². The predicted octanol–water partition coefficient (Wildman–Crippen LogP) is -0.881. The Morgan fingerprint density at radius 1 is 0.933 bits per heavy atom. The average Bonchev–Trinajstić information content (AvgIpc) is 3.27. The number of ether oxygens (including phenoxy) is 4. The third-order valence-electron chi connectivity index (χ3n) is 7.99. The van der Waals surface area contributed by atoms with Crippen LogP contribution in [0.4, 0.5) is 4.79 Å². The predicted molar refractivity (Wildman–Crippen MR) is 164 cm³/mol. The van der Waals surface area contributed by atoms with Crippen molar-refractivity contribution < 1.29 is 62.4 Å². The van der Waals surface area contributed by atoms with E-state index in [1.54, 1.807) is 7.11 Å². The molecular weight excluding hydrogens is 616 g/mol. The second kappa shape index (κ2) is 20.8. The summed E-state index contributed by atoms with van der Waals surface area (Å²) in [6.07, 6.45) is 0.751. The first-order valence-corrected chi connectivity index (χ1v) is 17.2. The lowest BCUT2D eigenvalue weighted by atomic mass is 9.81. The molecule has 0 aromatic rings. The Bertz CT molecular complexity index is 925. The van der Waals surface area contributed by atoms with Crippen molar-refractivity contribution in [1.82, 2.24) is 16.0 Å². The third kappa shape index (κ3) is 13.7. The van der Waals surface area contributed by atoms with E-state index in [4.69, 9.17) is 23.5 Å². The molecular formula is C27H53BN3O13P. The Morgan fingerprint density at radius 2 is 1.58 bits per heavy atom. The van der Waals surface area contributed by atoms with E-state index in [2.05, 4.69) is 20.5 Å². The molecule has 3 amide bonds. The molecule has 0 aromatic carbocycles. The molecule has 18 heteroatoms. The zero-order chi connectivity index (χ0) is 33.4. The van der Waals surface area contributed by atoms with Crippen molar-refractivity contribution in [2.75, 3.05) is 47.1 Å². The molecule has 45 heavy (non-hydrogen) atoms. The van der Waals surface area contributed by atoms with Gasteiger partial charge in [-0.15, -0.1) is 0 Å². The number of carbonyl (C=O) groups excluding carboxylic acids is 2. The van der Waals surface area contributed by atoms with Crippen molar-refractivity contribution in [3.05, 3.63) is 0 Å². The van der Waals surface area contributed by atoms with Gasteiger partial charge < -0.3 is 55.1 Å². The summed E-state index contributed by atoms with van der Waals surface area (Å²) in [5.41, 5.74) is 0. The highest BCUT2D eigenvalue weighted by Gasteiger charge is 2.46. The van der Waals surface area contributed by atoms with E-state index < -0.39 is 63.2 Å². The minimum atomic E-state index is -4.16. The van der Waals surface area contributed by atoms with Gasteiger partial charge in [-0.1, -0.05) is 25.7 Å². The molecule has 0 aliphatic carbocycles. The summed E-state index contributed by atoms with van der Waals surface area (Å²) >= 11 is 0. The van der Waals surface area contributed by atoms with Gasteiger partial charge in [0, 0.05) is 52.8 Å². The zero-order valence-electron chi connectivity index (χ0n) is 26.8. The van der Waals surface area contributed by atoms with Gasteiger partial charge in [-0.2, -0.15) is 0 Å². The van der Waals surface area contributed by atoms with Crippen LogP contribution in [0.1, 0.15) is 58.3 Å². The number of carbonyl (C=O) groups is 2. The fourth-order valence-corrected chi connectivity index (χ4v) is 6.26. The van der Waals surface area contributed by atoms with Crippen LogP contribution in [0.2, 0.25) is 0 Å². The average molecular weight is 670 g/mol. The molecule has 0 spiro atoms. The van der Waals surface area contributed by atoms with E-state index in [9.17, 15) is 34.4 Å². The van der Waals surface area contributed by atoms with Gasteiger partial charge in [0.1, 0.15) is 44.4 Å². The maximum Gasteiger partial charge on any atom is 0.472 e. The number of nitrogens with one attached hydrogen (secondary N) is 3. The van der Waals surface area contributed by atoms with Crippen LogP contribution in [-0.2, 0) is 37.4 Å². The Labute approximate surface area is 266 Å². The molecule has 2 aliphatic rings. The Morgan fingerprint density at radius 3 is 2.20 bits per heavy atom. The molecule has 7 N–H and O–H groups in total. The monoisotopic (exact) mass is 669 g/mol. The van der Waals surface area contributed by atoms with Gasteiger partial charge in [0.15, 0.2) is 6.29 Å². The highest BCUT2D eigenvalue weighted by molar-refractivity contribution is 7.47. The Hall–Kier alpha value is -1.37. The van der Waals surface area contributed by atoms with Crippen molar-refractivity contribution in [3.63, 3.8) is 0 Å². The number of phosphoric acid groups is 1. The van der Waals surface area contributed by atoms with E-state index in [0.29, 0.717) is 25.9 Å². The summed E-state index contributed by atoms with van der Waals surface area (Å²) in [5, 5.41) is 37.9. The van der Waals surface area contributed by atoms with Crippen LogP contribution in [0.15, 0.2) is 0 Å². The molecule has 2 saturated heterocycles. The molecule has 2 unspecified atom stereocenters. The number of phosphoric ester groups is 1. The van der Waals surface area contributed by atoms with Crippen molar-refractivity contribution >= 4 is 27.6 Å². The van der Waals surface area contributed by atoms with Gasteiger partial charge in [-0.3, -0.25) is 13.8 Å². The standard InChI is InChI=1S/C27H53BN3O13P/c1-17(33)31-21-23(35)22(34)19(15-32)43-26(21)41-14-10-9-13-30-27(36)29-12-8-6-4-5-7-11-18-24(44-45(37,38)40-3)20(16-39-2)42-25(18)28/h18-26,32,34-35H,4-16,28H2,1-3H3,(H,31,33)(H,37,38)(H2,29,30,36)/t18-,19+,20+,21+,22-,23+,24?,25+,26+/m0/s1. The first-order chi connectivity index (χ1) is 21.4. The van der Waals surface area contributed by atoms with Gasteiger partial charge >= 0.3 is 13.9 Å². The summed E-state index contributed by atoms with van der Waals surface area (Å²) in [4.78, 5) is 33.4. The molecule has 0 saturated carbocycles. The fraction of sp³-hybridized carbons (Fsp3) is 0.926. The van der Waals surface area contributed by atoms with Gasteiger partial charge in [0.25, 0.3) is 0 Å².